The first-order chi connectivity index (χ1) is 8.08. The Hall–Kier alpha value is -1.27. The number of rotatable bonds is 2. The monoisotopic (exact) mass is 314 g/mol. The molecular weight excluding hydrogens is 307 g/mol. The second-order valence-electron chi connectivity index (χ2n) is 3.40. The first-order valence-electron chi connectivity index (χ1n) is 4.73. The van der Waals surface area contributed by atoms with Crippen molar-refractivity contribution in [2.75, 3.05) is 5.32 Å². The van der Waals surface area contributed by atoms with Gasteiger partial charge in [0, 0.05) is 5.69 Å². The molecule has 88 valence electrons. The van der Waals surface area contributed by atoms with E-state index < -0.39 is 5.82 Å². The van der Waals surface area contributed by atoms with Gasteiger partial charge in [0.2, 0.25) is 0 Å². The molecule has 0 aliphatic rings. The van der Waals surface area contributed by atoms with Gasteiger partial charge in [0.05, 0.1) is 16.2 Å². The average Bonchev–Trinajstić information content (AvgIpc) is 2.79. The molecule has 1 amide bonds. The quantitative estimate of drug-likeness (QED) is 0.920. The Labute approximate surface area is 110 Å². The van der Waals surface area contributed by atoms with Crippen LogP contribution in [-0.4, -0.2) is 10.9 Å². The number of aryl methyl sites for hydroxylation is 1. The summed E-state index contributed by atoms with van der Waals surface area (Å²) in [5.74, 6) is -0.687. The number of hydrogen-bond donors (Lipinski definition) is 1. The Balaban J connectivity index is 2.25. The van der Waals surface area contributed by atoms with Gasteiger partial charge in [-0.2, -0.15) is 0 Å². The van der Waals surface area contributed by atoms with Crippen LogP contribution in [0.3, 0.4) is 0 Å². The van der Waals surface area contributed by atoms with E-state index in [0.29, 0.717) is 15.0 Å². The Bertz CT molecular complexity index is 557. The lowest BCUT2D eigenvalue weighted by Gasteiger charge is -2.08. The summed E-state index contributed by atoms with van der Waals surface area (Å²) >= 11 is 4.33. The SMILES string of the molecule is Cc1cc(Br)c(F)cc1NC(=O)c1cncs1. The van der Waals surface area contributed by atoms with E-state index in [0.717, 1.165) is 5.56 Å². The van der Waals surface area contributed by atoms with Crippen LogP contribution in [0.1, 0.15) is 15.2 Å². The van der Waals surface area contributed by atoms with Crippen LogP contribution in [0.5, 0.6) is 0 Å². The van der Waals surface area contributed by atoms with Crippen molar-refractivity contribution in [2.24, 2.45) is 0 Å². The largest absolute Gasteiger partial charge is 0.321 e. The van der Waals surface area contributed by atoms with E-state index in [9.17, 15) is 9.18 Å². The molecule has 2 rings (SSSR count). The first-order valence-corrected chi connectivity index (χ1v) is 6.40. The number of benzene rings is 1. The number of halogens is 2. The maximum atomic E-state index is 13.3. The van der Waals surface area contributed by atoms with Crippen molar-refractivity contribution in [2.45, 2.75) is 6.92 Å². The van der Waals surface area contributed by atoms with Crippen LogP contribution in [-0.2, 0) is 0 Å². The van der Waals surface area contributed by atoms with Crippen molar-refractivity contribution in [3.05, 3.63) is 44.6 Å². The summed E-state index contributed by atoms with van der Waals surface area (Å²) in [5.41, 5.74) is 2.82. The highest BCUT2D eigenvalue weighted by Gasteiger charge is 2.11. The number of hydrogen-bond acceptors (Lipinski definition) is 3. The van der Waals surface area contributed by atoms with Gasteiger partial charge in [0.15, 0.2) is 0 Å². The zero-order valence-corrected chi connectivity index (χ0v) is 11.2. The number of nitrogens with zero attached hydrogens (tertiary/aromatic N) is 1. The van der Waals surface area contributed by atoms with Crippen LogP contribution in [0, 0.1) is 12.7 Å². The van der Waals surface area contributed by atoms with Crippen molar-refractivity contribution in [3.8, 4) is 0 Å². The molecule has 17 heavy (non-hydrogen) atoms. The van der Waals surface area contributed by atoms with E-state index in [2.05, 4.69) is 26.2 Å². The summed E-state index contributed by atoms with van der Waals surface area (Å²) < 4.78 is 13.7. The van der Waals surface area contributed by atoms with Gasteiger partial charge in [-0.25, -0.2) is 4.39 Å². The van der Waals surface area contributed by atoms with Crippen LogP contribution < -0.4 is 5.32 Å². The van der Waals surface area contributed by atoms with Crippen molar-refractivity contribution in [3.63, 3.8) is 0 Å². The minimum absolute atomic E-state index is 0.280. The molecule has 1 aromatic carbocycles. The fourth-order valence-electron chi connectivity index (χ4n) is 1.29. The third-order valence-electron chi connectivity index (χ3n) is 2.17. The third-order valence-corrected chi connectivity index (χ3v) is 3.55. The fourth-order valence-corrected chi connectivity index (χ4v) is 2.27. The smallest absolute Gasteiger partial charge is 0.267 e. The molecule has 0 spiro atoms. The van der Waals surface area contributed by atoms with Crippen LogP contribution in [0.4, 0.5) is 10.1 Å². The lowest BCUT2D eigenvalue weighted by atomic mass is 10.2. The van der Waals surface area contributed by atoms with Crippen molar-refractivity contribution >= 4 is 38.9 Å². The number of aromatic nitrogens is 1. The van der Waals surface area contributed by atoms with Gasteiger partial charge in [0.25, 0.3) is 5.91 Å². The van der Waals surface area contributed by atoms with Gasteiger partial charge in [-0.3, -0.25) is 9.78 Å². The molecule has 0 saturated carbocycles. The number of nitrogens with one attached hydrogen (secondary N) is 1. The molecule has 0 fully saturated rings. The molecule has 6 heteroatoms. The van der Waals surface area contributed by atoms with E-state index in [1.54, 1.807) is 18.5 Å². The second-order valence-corrected chi connectivity index (χ2v) is 5.14. The van der Waals surface area contributed by atoms with E-state index in [-0.39, 0.29) is 5.91 Å². The molecule has 0 aliphatic carbocycles. The Kier molecular flexibility index (Phi) is 3.54. The van der Waals surface area contributed by atoms with E-state index >= 15 is 0 Å². The van der Waals surface area contributed by atoms with E-state index in [1.165, 1.54) is 23.6 Å². The molecule has 0 radical (unpaired) electrons. The number of thiazole rings is 1. The first kappa shape index (κ1) is 12.2. The maximum absolute atomic E-state index is 13.3. The van der Waals surface area contributed by atoms with Crippen LogP contribution >= 0.6 is 27.3 Å². The zero-order chi connectivity index (χ0) is 12.4. The van der Waals surface area contributed by atoms with Crippen molar-refractivity contribution in [1.29, 1.82) is 0 Å². The maximum Gasteiger partial charge on any atom is 0.267 e. The van der Waals surface area contributed by atoms with Crippen LogP contribution in [0.2, 0.25) is 0 Å². The molecule has 0 bridgehead atoms. The van der Waals surface area contributed by atoms with E-state index in [1.807, 2.05) is 0 Å². The molecule has 0 saturated heterocycles. The highest BCUT2D eigenvalue weighted by Crippen LogP contribution is 2.24. The molecule has 1 heterocycles. The van der Waals surface area contributed by atoms with Crippen LogP contribution in [0.15, 0.2) is 28.3 Å². The standard InChI is InChI=1S/C11H8BrFN2OS/c1-6-2-7(12)8(13)3-9(6)15-11(16)10-4-14-5-17-10/h2-5H,1H3,(H,15,16). The summed E-state index contributed by atoms with van der Waals surface area (Å²) in [6, 6.07) is 2.91. The van der Waals surface area contributed by atoms with Crippen LogP contribution in [0.25, 0.3) is 0 Å². The predicted molar refractivity (Wildman–Crippen MR) is 68.9 cm³/mol. The van der Waals surface area contributed by atoms with Gasteiger partial charge in [-0.05, 0) is 40.5 Å². The normalized spacial score (nSPS) is 10.3. The van der Waals surface area contributed by atoms with Gasteiger partial charge in [0.1, 0.15) is 10.7 Å². The highest BCUT2D eigenvalue weighted by atomic mass is 79.9. The molecule has 0 aliphatic heterocycles. The Morgan fingerprint density at radius 1 is 1.53 bits per heavy atom. The van der Waals surface area contributed by atoms with Gasteiger partial charge in [-0.15, -0.1) is 11.3 Å². The molecule has 0 atom stereocenters. The summed E-state index contributed by atoms with van der Waals surface area (Å²) in [4.78, 5) is 16.1. The summed E-state index contributed by atoms with van der Waals surface area (Å²) in [6.45, 7) is 1.80. The van der Waals surface area contributed by atoms with E-state index in [4.69, 9.17) is 0 Å². The number of carbonyl (C=O) groups excluding carboxylic acids is 1. The third kappa shape index (κ3) is 2.70. The molecule has 2 aromatic rings. The van der Waals surface area contributed by atoms with Crippen molar-refractivity contribution < 1.29 is 9.18 Å². The predicted octanol–water partition coefficient (Wildman–Crippen LogP) is 3.61. The molecular formula is C11H8BrFN2OS. The minimum atomic E-state index is -0.407. The number of amides is 1. The number of carbonyl (C=O) groups is 1. The minimum Gasteiger partial charge on any atom is -0.321 e. The summed E-state index contributed by atoms with van der Waals surface area (Å²) in [5, 5.41) is 2.65. The topological polar surface area (TPSA) is 42.0 Å². The summed E-state index contributed by atoms with van der Waals surface area (Å²) in [6.07, 6.45) is 1.48. The second kappa shape index (κ2) is 4.93. The van der Waals surface area contributed by atoms with Gasteiger partial charge >= 0.3 is 0 Å². The molecule has 3 nitrogen and oxygen atoms in total. The summed E-state index contributed by atoms with van der Waals surface area (Å²) in [7, 11) is 0. The fraction of sp³-hybridized carbons (Fsp3) is 0.0909. The Morgan fingerprint density at radius 3 is 2.94 bits per heavy atom. The van der Waals surface area contributed by atoms with Gasteiger partial charge in [-0.1, -0.05) is 0 Å². The molecule has 0 unspecified atom stereocenters. The van der Waals surface area contributed by atoms with Gasteiger partial charge < -0.3 is 5.32 Å². The molecule has 1 N–H and O–H groups in total. The Morgan fingerprint density at radius 2 is 2.29 bits per heavy atom. The highest BCUT2D eigenvalue weighted by molar-refractivity contribution is 9.10. The zero-order valence-electron chi connectivity index (χ0n) is 8.83. The van der Waals surface area contributed by atoms with Crippen molar-refractivity contribution in [1.82, 2.24) is 4.98 Å². The number of anilines is 1. The lowest BCUT2D eigenvalue weighted by Crippen LogP contribution is -2.11. The molecule has 1 aromatic heterocycles. The lowest BCUT2D eigenvalue weighted by molar-refractivity contribution is 0.103. The average molecular weight is 315 g/mol.